The highest BCUT2D eigenvalue weighted by Gasteiger charge is 2.33. The lowest BCUT2D eigenvalue weighted by atomic mass is 9.84. The number of likely N-dealkylation sites (tertiary alicyclic amines) is 1. The molecule has 0 aromatic heterocycles. The third-order valence-corrected chi connectivity index (χ3v) is 3.67. The number of benzene rings is 1. The maximum absolute atomic E-state index is 12.5. The van der Waals surface area contributed by atoms with Crippen molar-refractivity contribution in [1.82, 2.24) is 4.90 Å². The van der Waals surface area contributed by atoms with Crippen LogP contribution >= 0.6 is 0 Å². The third kappa shape index (κ3) is 2.74. The highest BCUT2D eigenvalue weighted by atomic mass is 16.6. The lowest BCUT2D eigenvalue weighted by molar-refractivity contribution is -0.384. The number of nitrogen functional groups attached to an aromatic ring is 1. The third-order valence-electron chi connectivity index (χ3n) is 3.67. The predicted molar refractivity (Wildman–Crippen MR) is 76.4 cm³/mol. The lowest BCUT2D eigenvalue weighted by Crippen LogP contribution is -2.43. The molecule has 0 spiro atoms. The summed E-state index contributed by atoms with van der Waals surface area (Å²) in [5.41, 5.74) is 5.49. The second-order valence-electron chi connectivity index (χ2n) is 5.99. The van der Waals surface area contributed by atoms with E-state index in [1.807, 2.05) is 0 Å². The molecule has 1 aliphatic heterocycles. The van der Waals surface area contributed by atoms with Crippen LogP contribution in [0.4, 0.5) is 11.4 Å². The van der Waals surface area contributed by atoms with Gasteiger partial charge in [0.25, 0.3) is 5.91 Å². The minimum atomic E-state index is -0.586. The number of nitrogens with zero attached hydrogens (tertiary/aromatic N) is 2. The Balaban J connectivity index is 2.34. The minimum Gasteiger partial charge on any atom is -0.393 e. The van der Waals surface area contributed by atoms with E-state index in [1.165, 1.54) is 12.1 Å². The lowest BCUT2D eigenvalue weighted by Gasteiger charge is -2.38. The van der Waals surface area contributed by atoms with Crippen LogP contribution in [0.25, 0.3) is 0 Å². The molecule has 108 valence electrons. The molecular weight excluding hydrogens is 258 g/mol. The first kappa shape index (κ1) is 14.3. The van der Waals surface area contributed by atoms with Gasteiger partial charge in [0.1, 0.15) is 11.3 Å². The zero-order valence-electron chi connectivity index (χ0n) is 11.8. The molecule has 0 radical (unpaired) electrons. The van der Waals surface area contributed by atoms with E-state index >= 15 is 0 Å². The first-order valence-electron chi connectivity index (χ1n) is 6.64. The van der Waals surface area contributed by atoms with Gasteiger partial charge in [-0.15, -0.1) is 0 Å². The summed E-state index contributed by atoms with van der Waals surface area (Å²) in [4.78, 5) is 24.7. The Morgan fingerprint density at radius 2 is 2.15 bits per heavy atom. The Hall–Kier alpha value is -2.11. The van der Waals surface area contributed by atoms with Gasteiger partial charge in [-0.1, -0.05) is 19.9 Å². The van der Waals surface area contributed by atoms with Crippen LogP contribution in [0.5, 0.6) is 0 Å². The standard InChI is InChI=1S/C14H19N3O3/c1-14(2)7-4-8-16(9-14)13(18)10-5-3-6-11(15)12(10)17(19)20/h3,5-6H,4,7-9,15H2,1-2H3. The summed E-state index contributed by atoms with van der Waals surface area (Å²) in [7, 11) is 0. The minimum absolute atomic E-state index is 0.0251. The van der Waals surface area contributed by atoms with Crippen molar-refractivity contribution in [3.8, 4) is 0 Å². The molecule has 1 fully saturated rings. The summed E-state index contributed by atoms with van der Waals surface area (Å²) >= 11 is 0. The molecule has 6 heteroatoms. The second kappa shape index (κ2) is 5.11. The van der Waals surface area contributed by atoms with Gasteiger partial charge < -0.3 is 10.6 Å². The maximum atomic E-state index is 12.5. The summed E-state index contributed by atoms with van der Waals surface area (Å²) < 4.78 is 0. The van der Waals surface area contributed by atoms with Gasteiger partial charge in [-0.05, 0) is 30.4 Å². The van der Waals surface area contributed by atoms with Gasteiger partial charge in [0, 0.05) is 13.1 Å². The molecular formula is C14H19N3O3. The van der Waals surface area contributed by atoms with Crippen LogP contribution in [-0.2, 0) is 0 Å². The molecule has 0 aliphatic carbocycles. The van der Waals surface area contributed by atoms with Gasteiger partial charge in [-0.25, -0.2) is 0 Å². The van der Waals surface area contributed by atoms with E-state index in [-0.39, 0.29) is 28.3 Å². The van der Waals surface area contributed by atoms with Crippen LogP contribution in [-0.4, -0.2) is 28.8 Å². The van der Waals surface area contributed by atoms with Gasteiger partial charge in [0.05, 0.1) is 4.92 Å². The number of nitro benzene ring substituents is 1. The van der Waals surface area contributed by atoms with Crippen molar-refractivity contribution in [1.29, 1.82) is 0 Å². The molecule has 2 rings (SSSR count). The number of hydrogen-bond acceptors (Lipinski definition) is 4. The molecule has 1 heterocycles. The van der Waals surface area contributed by atoms with Crippen LogP contribution < -0.4 is 5.73 Å². The number of amides is 1. The Morgan fingerprint density at radius 1 is 1.45 bits per heavy atom. The number of carbonyl (C=O) groups is 1. The smallest absolute Gasteiger partial charge is 0.304 e. The highest BCUT2D eigenvalue weighted by Crippen LogP contribution is 2.32. The molecule has 0 bridgehead atoms. The van der Waals surface area contributed by atoms with Crippen molar-refractivity contribution < 1.29 is 9.72 Å². The largest absolute Gasteiger partial charge is 0.393 e. The number of piperidine rings is 1. The van der Waals surface area contributed by atoms with Crippen LogP contribution in [0.1, 0.15) is 37.0 Å². The maximum Gasteiger partial charge on any atom is 0.304 e. The van der Waals surface area contributed by atoms with Crippen LogP contribution in [0.15, 0.2) is 18.2 Å². The first-order valence-corrected chi connectivity index (χ1v) is 6.64. The fraction of sp³-hybridized carbons (Fsp3) is 0.500. The Morgan fingerprint density at radius 3 is 2.75 bits per heavy atom. The van der Waals surface area contributed by atoms with Crippen molar-refractivity contribution in [2.24, 2.45) is 5.41 Å². The average molecular weight is 277 g/mol. The van der Waals surface area contributed by atoms with Crippen molar-refractivity contribution >= 4 is 17.3 Å². The number of rotatable bonds is 2. The van der Waals surface area contributed by atoms with E-state index in [9.17, 15) is 14.9 Å². The Kier molecular flexibility index (Phi) is 3.65. The SMILES string of the molecule is CC1(C)CCCN(C(=O)c2cccc(N)c2[N+](=O)[O-])C1. The number of hydrogen-bond donors (Lipinski definition) is 1. The molecule has 0 unspecified atom stereocenters. The van der Waals surface area contributed by atoms with E-state index in [2.05, 4.69) is 13.8 Å². The van der Waals surface area contributed by atoms with Crippen molar-refractivity contribution in [2.75, 3.05) is 18.8 Å². The number of anilines is 1. The molecule has 1 aromatic carbocycles. The molecule has 20 heavy (non-hydrogen) atoms. The van der Waals surface area contributed by atoms with Gasteiger partial charge >= 0.3 is 5.69 Å². The van der Waals surface area contributed by atoms with Crippen LogP contribution in [0.2, 0.25) is 0 Å². The van der Waals surface area contributed by atoms with E-state index in [4.69, 9.17) is 5.73 Å². The summed E-state index contributed by atoms with van der Waals surface area (Å²) in [6.45, 7) is 5.44. The monoisotopic (exact) mass is 277 g/mol. The molecule has 6 nitrogen and oxygen atoms in total. The van der Waals surface area contributed by atoms with Gasteiger partial charge in [-0.2, -0.15) is 0 Å². The van der Waals surface area contributed by atoms with E-state index in [0.717, 1.165) is 12.8 Å². The number of para-hydroxylation sites is 1. The number of nitrogens with two attached hydrogens (primary N) is 1. The molecule has 1 aromatic rings. The quantitative estimate of drug-likeness (QED) is 0.510. The van der Waals surface area contributed by atoms with Gasteiger partial charge in [-0.3, -0.25) is 14.9 Å². The van der Waals surface area contributed by atoms with Crippen molar-refractivity contribution in [3.05, 3.63) is 33.9 Å². The topological polar surface area (TPSA) is 89.5 Å². The zero-order valence-corrected chi connectivity index (χ0v) is 11.8. The fourth-order valence-electron chi connectivity index (χ4n) is 2.70. The fourth-order valence-corrected chi connectivity index (χ4v) is 2.70. The van der Waals surface area contributed by atoms with E-state index in [1.54, 1.807) is 11.0 Å². The second-order valence-corrected chi connectivity index (χ2v) is 5.99. The van der Waals surface area contributed by atoms with E-state index in [0.29, 0.717) is 13.1 Å². The van der Waals surface area contributed by atoms with Crippen molar-refractivity contribution in [3.63, 3.8) is 0 Å². The average Bonchev–Trinajstić information content (AvgIpc) is 2.35. The summed E-state index contributed by atoms with van der Waals surface area (Å²) in [5.74, 6) is -0.309. The normalized spacial score (nSPS) is 17.8. The van der Waals surface area contributed by atoms with Gasteiger partial charge in [0.15, 0.2) is 0 Å². The van der Waals surface area contributed by atoms with Crippen LogP contribution in [0, 0.1) is 15.5 Å². The van der Waals surface area contributed by atoms with Crippen molar-refractivity contribution in [2.45, 2.75) is 26.7 Å². The Labute approximate surface area is 117 Å². The zero-order chi connectivity index (χ0) is 14.9. The first-order chi connectivity index (χ1) is 9.32. The van der Waals surface area contributed by atoms with Gasteiger partial charge in [0.2, 0.25) is 0 Å². The van der Waals surface area contributed by atoms with Crippen LogP contribution in [0.3, 0.4) is 0 Å². The predicted octanol–water partition coefficient (Wildman–Crippen LogP) is 2.44. The number of carbonyl (C=O) groups excluding carboxylic acids is 1. The molecule has 1 saturated heterocycles. The summed E-state index contributed by atoms with van der Waals surface area (Å²) in [6.07, 6.45) is 1.96. The molecule has 2 N–H and O–H groups in total. The molecule has 1 amide bonds. The molecule has 0 saturated carbocycles. The summed E-state index contributed by atoms with van der Waals surface area (Å²) in [5, 5.41) is 11.1. The summed E-state index contributed by atoms with van der Waals surface area (Å²) in [6, 6.07) is 4.48. The van der Waals surface area contributed by atoms with E-state index < -0.39 is 4.92 Å². The highest BCUT2D eigenvalue weighted by molar-refractivity contribution is 6.00. The Bertz CT molecular complexity index is 555. The molecule has 1 aliphatic rings. The molecule has 0 atom stereocenters. The number of nitro groups is 1.